The molecule has 0 atom stereocenters. The van der Waals surface area contributed by atoms with Crippen LogP contribution in [-0.2, 0) is 5.67 Å². The zero-order valence-corrected chi connectivity index (χ0v) is 8.32. The molecule has 2 rings (SSSR count). The molecule has 13 heavy (non-hydrogen) atoms. The van der Waals surface area contributed by atoms with Crippen molar-refractivity contribution in [2.24, 2.45) is 5.73 Å². The van der Waals surface area contributed by atoms with Crippen molar-refractivity contribution in [3.05, 3.63) is 22.4 Å². The second-order valence-corrected chi connectivity index (χ2v) is 4.73. The summed E-state index contributed by atoms with van der Waals surface area (Å²) < 4.78 is 14.3. The molecule has 0 unspecified atom stereocenters. The molecule has 0 radical (unpaired) electrons. The summed E-state index contributed by atoms with van der Waals surface area (Å²) in [6, 6.07) is 4.01. The fourth-order valence-corrected chi connectivity index (χ4v) is 2.75. The fourth-order valence-electron chi connectivity index (χ4n) is 1.88. The first-order valence-corrected chi connectivity index (χ1v) is 5.57. The lowest BCUT2D eigenvalue weighted by molar-refractivity contribution is 0.102. The van der Waals surface area contributed by atoms with Crippen molar-refractivity contribution < 1.29 is 4.39 Å². The summed E-state index contributed by atoms with van der Waals surface area (Å²) >= 11 is 1.51. The zero-order valence-electron chi connectivity index (χ0n) is 7.50. The van der Waals surface area contributed by atoms with Crippen LogP contribution in [0.25, 0.3) is 0 Å². The van der Waals surface area contributed by atoms with E-state index in [4.69, 9.17) is 5.73 Å². The van der Waals surface area contributed by atoms with E-state index in [1.54, 1.807) is 0 Å². The maximum absolute atomic E-state index is 14.3. The van der Waals surface area contributed by atoms with Crippen molar-refractivity contribution in [2.75, 3.05) is 0 Å². The minimum Gasteiger partial charge on any atom is -0.328 e. The largest absolute Gasteiger partial charge is 0.328 e. The Hall–Kier alpha value is -0.410. The lowest BCUT2D eigenvalue weighted by Crippen LogP contribution is -2.33. The van der Waals surface area contributed by atoms with Crippen LogP contribution >= 0.6 is 11.3 Å². The number of thiophene rings is 1. The van der Waals surface area contributed by atoms with E-state index < -0.39 is 5.67 Å². The van der Waals surface area contributed by atoms with Gasteiger partial charge in [-0.05, 0) is 37.1 Å². The summed E-state index contributed by atoms with van der Waals surface area (Å²) in [6.07, 6.45) is 2.81. The van der Waals surface area contributed by atoms with E-state index in [1.165, 1.54) is 11.3 Å². The Morgan fingerprint density at radius 3 is 2.69 bits per heavy atom. The fraction of sp³-hybridized carbons (Fsp3) is 0.600. The van der Waals surface area contributed by atoms with Gasteiger partial charge in [0.15, 0.2) is 0 Å². The van der Waals surface area contributed by atoms with Crippen molar-refractivity contribution in [2.45, 2.75) is 37.4 Å². The Kier molecular flexibility index (Phi) is 2.39. The first kappa shape index (κ1) is 9.16. The Labute approximate surface area is 81.8 Å². The van der Waals surface area contributed by atoms with Crippen LogP contribution in [0, 0.1) is 0 Å². The minimum absolute atomic E-state index is 0.212. The highest BCUT2D eigenvalue weighted by Gasteiger charge is 2.36. The summed E-state index contributed by atoms with van der Waals surface area (Å²) in [5.74, 6) is 0. The molecule has 0 bridgehead atoms. The Morgan fingerprint density at radius 1 is 1.46 bits per heavy atom. The highest BCUT2D eigenvalue weighted by molar-refractivity contribution is 7.10. The van der Waals surface area contributed by atoms with Crippen LogP contribution in [0.4, 0.5) is 4.39 Å². The molecule has 1 fully saturated rings. The monoisotopic (exact) mass is 199 g/mol. The quantitative estimate of drug-likeness (QED) is 0.739. The topological polar surface area (TPSA) is 26.0 Å². The molecule has 1 aromatic rings. The van der Waals surface area contributed by atoms with Crippen molar-refractivity contribution in [1.82, 2.24) is 0 Å². The molecule has 1 heterocycles. The zero-order chi connectivity index (χ0) is 9.31. The van der Waals surface area contributed by atoms with Gasteiger partial charge in [-0.2, -0.15) is 0 Å². The second-order valence-electron chi connectivity index (χ2n) is 3.78. The molecule has 72 valence electrons. The SMILES string of the molecule is NC1CCC(F)(c2cccs2)CC1. The van der Waals surface area contributed by atoms with Crippen LogP contribution in [0.1, 0.15) is 30.6 Å². The molecule has 0 aromatic carbocycles. The van der Waals surface area contributed by atoms with E-state index >= 15 is 0 Å². The molecule has 0 aliphatic heterocycles. The third kappa shape index (κ3) is 1.76. The van der Waals surface area contributed by atoms with Gasteiger partial charge in [-0.3, -0.25) is 0 Å². The molecule has 1 aliphatic rings. The van der Waals surface area contributed by atoms with Gasteiger partial charge in [0.2, 0.25) is 0 Å². The molecule has 1 saturated carbocycles. The molecular formula is C10H14FNS. The third-order valence-electron chi connectivity index (χ3n) is 2.79. The second kappa shape index (κ2) is 3.39. The Morgan fingerprint density at radius 2 is 2.15 bits per heavy atom. The van der Waals surface area contributed by atoms with Crippen molar-refractivity contribution >= 4 is 11.3 Å². The first-order valence-electron chi connectivity index (χ1n) is 4.69. The van der Waals surface area contributed by atoms with Gasteiger partial charge in [0.1, 0.15) is 5.67 Å². The average Bonchev–Trinajstić information content (AvgIpc) is 2.63. The van der Waals surface area contributed by atoms with Crippen LogP contribution < -0.4 is 5.73 Å². The number of rotatable bonds is 1. The summed E-state index contributed by atoms with van der Waals surface area (Å²) in [7, 11) is 0. The van der Waals surface area contributed by atoms with Crippen LogP contribution in [0.5, 0.6) is 0 Å². The van der Waals surface area contributed by atoms with Gasteiger partial charge in [-0.15, -0.1) is 11.3 Å². The summed E-state index contributed by atoms with van der Waals surface area (Å²) in [4.78, 5) is 0.874. The number of hydrogen-bond donors (Lipinski definition) is 1. The predicted octanol–water partition coefficient (Wildman–Crippen LogP) is 2.81. The van der Waals surface area contributed by atoms with Crippen molar-refractivity contribution in [1.29, 1.82) is 0 Å². The van der Waals surface area contributed by atoms with E-state index in [1.807, 2.05) is 17.5 Å². The molecule has 2 N–H and O–H groups in total. The smallest absolute Gasteiger partial charge is 0.145 e. The number of hydrogen-bond acceptors (Lipinski definition) is 2. The van der Waals surface area contributed by atoms with E-state index in [0.717, 1.165) is 17.7 Å². The number of alkyl halides is 1. The van der Waals surface area contributed by atoms with Crippen LogP contribution in [-0.4, -0.2) is 6.04 Å². The normalized spacial score (nSPS) is 34.8. The van der Waals surface area contributed by atoms with Gasteiger partial charge in [-0.25, -0.2) is 4.39 Å². The maximum atomic E-state index is 14.3. The standard InChI is InChI=1S/C10H14FNS/c11-10(9-2-1-7-13-9)5-3-8(12)4-6-10/h1-2,7-8H,3-6,12H2. The third-order valence-corrected chi connectivity index (χ3v) is 3.83. The van der Waals surface area contributed by atoms with Crippen LogP contribution in [0.3, 0.4) is 0 Å². The molecule has 1 aliphatic carbocycles. The Bertz CT molecular complexity index is 262. The minimum atomic E-state index is -1.08. The first-order chi connectivity index (χ1) is 6.21. The van der Waals surface area contributed by atoms with Crippen molar-refractivity contribution in [3.8, 4) is 0 Å². The van der Waals surface area contributed by atoms with Gasteiger partial charge in [0.05, 0.1) is 0 Å². The molecule has 0 spiro atoms. The number of halogens is 1. The van der Waals surface area contributed by atoms with E-state index in [2.05, 4.69) is 0 Å². The van der Waals surface area contributed by atoms with E-state index in [0.29, 0.717) is 12.8 Å². The molecule has 1 nitrogen and oxygen atoms in total. The van der Waals surface area contributed by atoms with E-state index in [-0.39, 0.29) is 6.04 Å². The molecular weight excluding hydrogens is 185 g/mol. The van der Waals surface area contributed by atoms with Gasteiger partial charge < -0.3 is 5.73 Å². The average molecular weight is 199 g/mol. The van der Waals surface area contributed by atoms with Gasteiger partial charge in [-0.1, -0.05) is 6.07 Å². The highest BCUT2D eigenvalue weighted by Crippen LogP contribution is 2.42. The molecule has 0 amide bonds. The maximum Gasteiger partial charge on any atom is 0.145 e. The summed E-state index contributed by atoms with van der Waals surface area (Å²) in [6.45, 7) is 0. The lowest BCUT2D eigenvalue weighted by Gasteiger charge is -2.31. The van der Waals surface area contributed by atoms with E-state index in [9.17, 15) is 4.39 Å². The van der Waals surface area contributed by atoms with Gasteiger partial charge in [0.25, 0.3) is 0 Å². The lowest BCUT2D eigenvalue weighted by atomic mass is 9.83. The Balaban J connectivity index is 2.13. The summed E-state index contributed by atoms with van der Waals surface area (Å²) in [5, 5.41) is 1.94. The highest BCUT2D eigenvalue weighted by atomic mass is 32.1. The van der Waals surface area contributed by atoms with Gasteiger partial charge in [0, 0.05) is 10.9 Å². The predicted molar refractivity (Wildman–Crippen MR) is 53.5 cm³/mol. The van der Waals surface area contributed by atoms with Crippen molar-refractivity contribution in [3.63, 3.8) is 0 Å². The molecule has 3 heteroatoms. The molecule has 0 saturated heterocycles. The number of nitrogens with two attached hydrogens (primary N) is 1. The van der Waals surface area contributed by atoms with Crippen LogP contribution in [0.2, 0.25) is 0 Å². The summed E-state index contributed by atoms with van der Waals surface area (Å²) in [5.41, 5.74) is 4.67. The molecule has 1 aromatic heterocycles. The van der Waals surface area contributed by atoms with Crippen LogP contribution in [0.15, 0.2) is 17.5 Å². The van der Waals surface area contributed by atoms with Gasteiger partial charge >= 0.3 is 0 Å².